The smallest absolute Gasteiger partial charge is 0.244 e. The van der Waals surface area contributed by atoms with Crippen LogP contribution in [0.2, 0.25) is 5.02 Å². The van der Waals surface area contributed by atoms with Gasteiger partial charge in [0.25, 0.3) is 0 Å². The molecular weight excluding hydrogens is 439 g/mol. The van der Waals surface area contributed by atoms with E-state index in [1.807, 2.05) is 13.8 Å². The second-order valence-electron chi connectivity index (χ2n) is 8.17. The molecule has 1 aromatic carbocycles. The van der Waals surface area contributed by atoms with E-state index in [1.165, 1.54) is 18.2 Å². The number of primary amides is 1. The van der Waals surface area contributed by atoms with Crippen LogP contribution >= 0.6 is 11.6 Å². The van der Waals surface area contributed by atoms with Crippen LogP contribution in [0.25, 0.3) is 6.08 Å². The first-order valence-corrected chi connectivity index (χ1v) is 10.8. The quantitative estimate of drug-likeness (QED) is 0.389. The molecule has 0 radical (unpaired) electrons. The van der Waals surface area contributed by atoms with Crippen LogP contribution in [0.3, 0.4) is 0 Å². The molecule has 3 atom stereocenters. The van der Waals surface area contributed by atoms with Gasteiger partial charge in [0, 0.05) is 29.1 Å². The van der Waals surface area contributed by atoms with E-state index >= 15 is 0 Å². The molecule has 2 rings (SSSR count). The number of rotatable bonds is 10. The fraction of sp³-hybridized carbons (Fsp3) is 0.455. The number of nitrogens with one attached hydrogen (secondary N) is 3. The van der Waals surface area contributed by atoms with Crippen molar-refractivity contribution in [2.45, 2.75) is 45.2 Å². The molecule has 1 saturated heterocycles. The summed E-state index contributed by atoms with van der Waals surface area (Å²) in [6.07, 6.45) is 3.33. The van der Waals surface area contributed by atoms with E-state index in [9.17, 15) is 23.6 Å². The van der Waals surface area contributed by atoms with Crippen LogP contribution in [0.5, 0.6) is 0 Å². The van der Waals surface area contributed by atoms with E-state index in [2.05, 4.69) is 16.0 Å². The number of hydrogen-bond acceptors (Lipinski definition) is 4. The minimum Gasteiger partial charge on any atom is -0.368 e. The van der Waals surface area contributed by atoms with Gasteiger partial charge in [0.15, 0.2) is 0 Å². The minimum absolute atomic E-state index is 0.0522. The number of hydrogen-bond donors (Lipinski definition) is 4. The Morgan fingerprint density at radius 1 is 1.28 bits per heavy atom. The van der Waals surface area contributed by atoms with Gasteiger partial charge in [0.2, 0.25) is 23.6 Å². The summed E-state index contributed by atoms with van der Waals surface area (Å²) in [7, 11) is 0. The molecule has 0 aromatic heterocycles. The molecule has 0 aliphatic carbocycles. The van der Waals surface area contributed by atoms with E-state index in [4.69, 9.17) is 17.3 Å². The van der Waals surface area contributed by atoms with Crippen molar-refractivity contribution in [1.82, 2.24) is 16.0 Å². The lowest BCUT2D eigenvalue weighted by Gasteiger charge is -2.23. The maximum atomic E-state index is 13.9. The predicted octanol–water partition coefficient (Wildman–Crippen LogP) is 1.52. The molecule has 4 amide bonds. The van der Waals surface area contributed by atoms with E-state index < -0.39 is 41.5 Å². The van der Waals surface area contributed by atoms with Crippen LogP contribution in [-0.2, 0) is 19.2 Å². The number of carbonyl (C=O) groups is 4. The minimum atomic E-state index is -1.04. The molecule has 0 bridgehead atoms. The zero-order valence-electron chi connectivity index (χ0n) is 18.0. The standard InChI is InChI=1S/C22H28ClFN4O4/c1-12(2)9-18(27-19(29)6-4-13-3-5-15(23)11-16(13)24)22(32)28-17(20(25)30)10-14-7-8-26-21(14)31/h3-6,11-12,14,17-18H,7-10H2,1-2H3,(H2,25,30)(H,26,31)(H,27,29)(H,28,32)/b6-4+/t14-,17-,18-/m0/s1. The van der Waals surface area contributed by atoms with Gasteiger partial charge in [-0.15, -0.1) is 0 Å². The molecule has 1 aromatic rings. The van der Waals surface area contributed by atoms with Gasteiger partial charge in [0.1, 0.15) is 17.9 Å². The third-order valence-corrected chi connectivity index (χ3v) is 5.29. The van der Waals surface area contributed by atoms with Gasteiger partial charge in [0.05, 0.1) is 0 Å². The Hall–Kier alpha value is -2.94. The Kier molecular flexibility index (Phi) is 9.19. The molecule has 1 heterocycles. The average molecular weight is 467 g/mol. The van der Waals surface area contributed by atoms with E-state index in [0.717, 1.165) is 12.1 Å². The number of amides is 4. The van der Waals surface area contributed by atoms with E-state index in [-0.39, 0.29) is 28.8 Å². The van der Waals surface area contributed by atoms with Gasteiger partial charge in [-0.25, -0.2) is 4.39 Å². The Morgan fingerprint density at radius 3 is 2.56 bits per heavy atom. The zero-order valence-corrected chi connectivity index (χ0v) is 18.7. The van der Waals surface area contributed by atoms with Crippen molar-refractivity contribution in [3.8, 4) is 0 Å². The second kappa shape index (κ2) is 11.6. The highest BCUT2D eigenvalue weighted by molar-refractivity contribution is 6.30. The van der Waals surface area contributed by atoms with Gasteiger partial charge >= 0.3 is 0 Å². The molecule has 1 aliphatic rings. The van der Waals surface area contributed by atoms with Crippen molar-refractivity contribution in [2.24, 2.45) is 17.6 Å². The summed E-state index contributed by atoms with van der Waals surface area (Å²) < 4.78 is 13.9. The molecule has 32 heavy (non-hydrogen) atoms. The van der Waals surface area contributed by atoms with E-state index in [1.54, 1.807) is 0 Å². The lowest BCUT2D eigenvalue weighted by molar-refractivity contribution is -0.131. The average Bonchev–Trinajstić information content (AvgIpc) is 3.10. The molecule has 1 aliphatic heterocycles. The van der Waals surface area contributed by atoms with Crippen molar-refractivity contribution in [2.75, 3.05) is 6.54 Å². The molecule has 5 N–H and O–H groups in total. The highest BCUT2D eigenvalue weighted by Gasteiger charge is 2.32. The van der Waals surface area contributed by atoms with Gasteiger partial charge < -0.3 is 21.7 Å². The number of nitrogens with two attached hydrogens (primary N) is 1. The van der Waals surface area contributed by atoms with Crippen molar-refractivity contribution in [3.05, 3.63) is 40.7 Å². The topological polar surface area (TPSA) is 130 Å². The fourth-order valence-corrected chi connectivity index (χ4v) is 3.56. The first-order chi connectivity index (χ1) is 15.1. The van der Waals surface area contributed by atoms with Crippen molar-refractivity contribution < 1.29 is 23.6 Å². The number of benzene rings is 1. The zero-order chi connectivity index (χ0) is 23.8. The van der Waals surface area contributed by atoms with Crippen LogP contribution < -0.4 is 21.7 Å². The van der Waals surface area contributed by atoms with Crippen molar-refractivity contribution >= 4 is 41.3 Å². The summed E-state index contributed by atoms with van der Waals surface area (Å²) in [4.78, 5) is 48.8. The molecule has 0 saturated carbocycles. The summed E-state index contributed by atoms with van der Waals surface area (Å²) in [5.74, 6) is -3.08. The largest absolute Gasteiger partial charge is 0.368 e. The number of carbonyl (C=O) groups excluding carboxylic acids is 4. The van der Waals surface area contributed by atoms with E-state index in [0.29, 0.717) is 19.4 Å². The normalized spacial score (nSPS) is 17.8. The summed E-state index contributed by atoms with van der Waals surface area (Å²) >= 11 is 5.71. The van der Waals surface area contributed by atoms with Gasteiger partial charge in [-0.1, -0.05) is 31.5 Å². The summed E-state index contributed by atoms with van der Waals surface area (Å²) in [5.41, 5.74) is 5.58. The summed E-state index contributed by atoms with van der Waals surface area (Å²) in [6.45, 7) is 4.26. The third kappa shape index (κ3) is 7.64. The highest BCUT2D eigenvalue weighted by atomic mass is 35.5. The summed E-state index contributed by atoms with van der Waals surface area (Å²) in [5, 5.41) is 8.04. The molecule has 0 spiro atoms. The maximum Gasteiger partial charge on any atom is 0.244 e. The first-order valence-electron chi connectivity index (χ1n) is 10.4. The van der Waals surface area contributed by atoms with Crippen LogP contribution in [0, 0.1) is 17.7 Å². The molecule has 8 nitrogen and oxygen atoms in total. The Bertz CT molecular complexity index is 906. The Morgan fingerprint density at radius 2 is 2.00 bits per heavy atom. The van der Waals surface area contributed by atoms with Crippen molar-refractivity contribution in [3.63, 3.8) is 0 Å². The molecule has 0 unspecified atom stereocenters. The second-order valence-corrected chi connectivity index (χ2v) is 8.60. The molecule has 1 fully saturated rings. The number of halogens is 2. The summed E-state index contributed by atoms with van der Waals surface area (Å²) in [6, 6.07) is 2.06. The molecule has 10 heteroatoms. The SMILES string of the molecule is CC(C)C[C@H](NC(=O)/C=C/c1ccc(Cl)cc1F)C(=O)N[C@@H](C[C@@H]1CCNC1=O)C(N)=O. The monoisotopic (exact) mass is 466 g/mol. The van der Waals surface area contributed by atoms with Crippen LogP contribution in [0.4, 0.5) is 4.39 Å². The fourth-order valence-electron chi connectivity index (χ4n) is 3.40. The Labute approximate surface area is 191 Å². The molecular formula is C22H28ClFN4O4. The van der Waals surface area contributed by atoms with Crippen LogP contribution in [0.15, 0.2) is 24.3 Å². The lowest BCUT2D eigenvalue weighted by Crippen LogP contribution is -2.53. The predicted molar refractivity (Wildman–Crippen MR) is 119 cm³/mol. The highest BCUT2D eigenvalue weighted by Crippen LogP contribution is 2.17. The molecule has 174 valence electrons. The first kappa shape index (κ1) is 25.3. The van der Waals surface area contributed by atoms with Gasteiger partial charge in [-0.2, -0.15) is 0 Å². The maximum absolute atomic E-state index is 13.9. The Balaban J connectivity index is 2.05. The van der Waals surface area contributed by atoms with Crippen LogP contribution in [0.1, 0.15) is 38.7 Å². The van der Waals surface area contributed by atoms with Gasteiger partial charge in [-0.3, -0.25) is 19.2 Å². The van der Waals surface area contributed by atoms with Crippen molar-refractivity contribution in [1.29, 1.82) is 0 Å². The van der Waals surface area contributed by atoms with Gasteiger partial charge in [-0.05, 0) is 43.4 Å². The third-order valence-electron chi connectivity index (χ3n) is 5.06. The lowest BCUT2D eigenvalue weighted by atomic mass is 9.97. The van der Waals surface area contributed by atoms with Crippen LogP contribution in [-0.4, -0.2) is 42.3 Å².